The van der Waals surface area contributed by atoms with Crippen molar-refractivity contribution in [3.05, 3.63) is 76.8 Å². The number of nitrogens with one attached hydrogen (secondary N) is 1. The fourth-order valence-corrected chi connectivity index (χ4v) is 5.70. The van der Waals surface area contributed by atoms with E-state index in [4.69, 9.17) is 0 Å². The summed E-state index contributed by atoms with van der Waals surface area (Å²) in [5.74, 6) is -0.379. The number of carbonyl (C=O) groups is 1. The van der Waals surface area contributed by atoms with Crippen molar-refractivity contribution in [2.45, 2.75) is 11.3 Å². The van der Waals surface area contributed by atoms with Crippen LogP contribution in [0.4, 0.5) is 5.13 Å². The topological polar surface area (TPSA) is 82.6 Å². The third-order valence-electron chi connectivity index (χ3n) is 5.19. The summed E-state index contributed by atoms with van der Waals surface area (Å²) in [5.41, 5.74) is 1.46. The fraction of sp³-hybridized carbons (Fsp3) is 0.273. The number of thiazole rings is 1. The lowest BCUT2D eigenvalue weighted by Crippen LogP contribution is -2.47. The first-order valence-corrected chi connectivity index (χ1v) is 12.3. The van der Waals surface area contributed by atoms with Crippen LogP contribution in [0.5, 0.6) is 0 Å². The second-order valence-electron chi connectivity index (χ2n) is 7.48. The molecule has 2 heterocycles. The molecular formula is C22H24N4O3S2. The second kappa shape index (κ2) is 9.27. The molecule has 0 unspecified atom stereocenters. The number of hydrogen-bond donors (Lipinski definition) is 1. The summed E-state index contributed by atoms with van der Waals surface area (Å²) < 4.78 is 27.4. The van der Waals surface area contributed by atoms with Crippen LogP contribution in [0, 0.1) is 0 Å². The molecule has 1 N–H and O–H groups in total. The highest BCUT2D eigenvalue weighted by atomic mass is 32.2. The van der Waals surface area contributed by atoms with Gasteiger partial charge in [0.15, 0.2) is 5.13 Å². The van der Waals surface area contributed by atoms with E-state index < -0.39 is 10.0 Å². The Morgan fingerprint density at radius 2 is 1.81 bits per heavy atom. The van der Waals surface area contributed by atoms with Gasteiger partial charge in [-0.25, -0.2) is 13.4 Å². The quantitative estimate of drug-likeness (QED) is 0.617. The van der Waals surface area contributed by atoms with E-state index >= 15 is 0 Å². The van der Waals surface area contributed by atoms with Gasteiger partial charge in [-0.1, -0.05) is 36.4 Å². The van der Waals surface area contributed by atoms with E-state index in [0.717, 1.165) is 11.3 Å². The van der Waals surface area contributed by atoms with Gasteiger partial charge in [0.2, 0.25) is 10.0 Å². The fourth-order valence-electron chi connectivity index (χ4n) is 3.39. The number of likely N-dealkylation sites (N-methyl/N-ethyl adjacent to an activating group) is 1. The lowest BCUT2D eigenvalue weighted by molar-refractivity contribution is 0.102. The van der Waals surface area contributed by atoms with Gasteiger partial charge in [-0.3, -0.25) is 10.1 Å². The SMILES string of the molecule is CN1CCN(S(=O)(=O)c2cccc(C(=O)Nc3ncc(Cc4ccccc4)s3)c2)CC1. The predicted molar refractivity (Wildman–Crippen MR) is 122 cm³/mol. The minimum Gasteiger partial charge on any atom is -0.304 e. The highest BCUT2D eigenvalue weighted by Crippen LogP contribution is 2.23. The van der Waals surface area contributed by atoms with Gasteiger partial charge in [-0.2, -0.15) is 4.31 Å². The first-order valence-electron chi connectivity index (χ1n) is 10.0. The summed E-state index contributed by atoms with van der Waals surface area (Å²) in [5, 5.41) is 3.27. The third-order valence-corrected chi connectivity index (χ3v) is 8.00. The first kappa shape index (κ1) is 21.6. The molecule has 0 bridgehead atoms. The van der Waals surface area contributed by atoms with Crippen LogP contribution in [0.2, 0.25) is 0 Å². The van der Waals surface area contributed by atoms with Crippen molar-refractivity contribution < 1.29 is 13.2 Å². The Bertz CT molecular complexity index is 1150. The van der Waals surface area contributed by atoms with Crippen LogP contribution in [0.1, 0.15) is 20.8 Å². The van der Waals surface area contributed by atoms with E-state index in [1.807, 2.05) is 37.4 Å². The molecule has 1 aromatic heterocycles. The van der Waals surface area contributed by atoms with Gasteiger partial charge < -0.3 is 4.90 Å². The summed E-state index contributed by atoms with van der Waals surface area (Å²) >= 11 is 1.41. The number of benzene rings is 2. The van der Waals surface area contributed by atoms with Crippen molar-refractivity contribution in [2.75, 3.05) is 38.5 Å². The van der Waals surface area contributed by atoms with Crippen molar-refractivity contribution >= 4 is 32.4 Å². The summed E-state index contributed by atoms with van der Waals surface area (Å²) in [6.45, 7) is 2.26. The molecule has 2 aromatic carbocycles. The van der Waals surface area contributed by atoms with Crippen LogP contribution in [0.25, 0.3) is 0 Å². The number of aromatic nitrogens is 1. The Morgan fingerprint density at radius 3 is 2.55 bits per heavy atom. The molecule has 1 aliphatic heterocycles. The highest BCUT2D eigenvalue weighted by Gasteiger charge is 2.28. The summed E-state index contributed by atoms with van der Waals surface area (Å²) in [6.07, 6.45) is 2.49. The van der Waals surface area contributed by atoms with Crippen LogP contribution < -0.4 is 5.32 Å². The van der Waals surface area contributed by atoms with Gasteiger partial charge in [0.25, 0.3) is 5.91 Å². The molecule has 0 spiro atoms. The van der Waals surface area contributed by atoms with Gasteiger partial charge in [0.05, 0.1) is 4.90 Å². The molecule has 31 heavy (non-hydrogen) atoms. The number of anilines is 1. The number of hydrogen-bond acceptors (Lipinski definition) is 6. The molecule has 0 atom stereocenters. The Hall–Kier alpha value is -2.59. The van der Waals surface area contributed by atoms with Gasteiger partial charge in [-0.15, -0.1) is 11.3 Å². The Kier molecular flexibility index (Phi) is 6.47. The number of amides is 1. The lowest BCUT2D eigenvalue weighted by Gasteiger charge is -2.31. The molecule has 9 heteroatoms. The summed E-state index contributed by atoms with van der Waals surface area (Å²) in [6, 6.07) is 16.2. The predicted octanol–water partition coefficient (Wildman–Crippen LogP) is 2.92. The molecular weight excluding hydrogens is 432 g/mol. The molecule has 3 aromatic rings. The Balaban J connectivity index is 1.45. The van der Waals surface area contributed by atoms with E-state index in [-0.39, 0.29) is 16.4 Å². The maximum absolute atomic E-state index is 13.0. The molecule has 0 aliphatic carbocycles. The lowest BCUT2D eigenvalue weighted by atomic mass is 10.1. The molecule has 162 valence electrons. The summed E-state index contributed by atoms with van der Waals surface area (Å²) in [7, 11) is -1.66. The summed E-state index contributed by atoms with van der Waals surface area (Å²) in [4.78, 5) is 20.3. The van der Waals surface area contributed by atoms with Gasteiger partial charge >= 0.3 is 0 Å². The molecule has 0 radical (unpaired) electrons. The molecule has 1 fully saturated rings. The highest BCUT2D eigenvalue weighted by molar-refractivity contribution is 7.89. The number of sulfonamides is 1. The molecule has 4 rings (SSSR count). The average molecular weight is 457 g/mol. The molecule has 1 amide bonds. The number of nitrogens with zero attached hydrogens (tertiary/aromatic N) is 3. The van der Waals surface area contributed by atoms with Crippen LogP contribution in [-0.4, -0.2) is 61.7 Å². The zero-order valence-corrected chi connectivity index (χ0v) is 18.8. The van der Waals surface area contributed by atoms with Gasteiger partial charge in [0, 0.05) is 49.2 Å². The van der Waals surface area contributed by atoms with Crippen LogP contribution in [-0.2, 0) is 16.4 Å². The van der Waals surface area contributed by atoms with E-state index in [0.29, 0.717) is 31.3 Å². The molecule has 1 saturated heterocycles. The standard InChI is InChI=1S/C22H24N4O3S2/c1-25-10-12-26(13-11-25)31(28,29)20-9-5-8-18(15-20)21(27)24-22-23-16-19(30-22)14-17-6-3-2-4-7-17/h2-9,15-16H,10-14H2,1H3,(H,23,24,27). The second-order valence-corrected chi connectivity index (χ2v) is 10.5. The zero-order valence-electron chi connectivity index (χ0n) is 17.2. The number of rotatable bonds is 6. The molecule has 1 aliphatic rings. The number of piperazine rings is 1. The smallest absolute Gasteiger partial charge is 0.257 e. The molecule has 7 nitrogen and oxygen atoms in total. The van der Waals surface area contributed by atoms with E-state index in [1.54, 1.807) is 18.3 Å². The van der Waals surface area contributed by atoms with Gasteiger partial charge in [0.1, 0.15) is 0 Å². The van der Waals surface area contributed by atoms with Crippen molar-refractivity contribution in [1.29, 1.82) is 0 Å². The van der Waals surface area contributed by atoms with Crippen molar-refractivity contribution in [3.63, 3.8) is 0 Å². The maximum Gasteiger partial charge on any atom is 0.257 e. The average Bonchev–Trinajstić information content (AvgIpc) is 3.21. The van der Waals surface area contributed by atoms with Crippen LogP contribution >= 0.6 is 11.3 Å². The minimum absolute atomic E-state index is 0.133. The van der Waals surface area contributed by atoms with E-state index in [9.17, 15) is 13.2 Å². The number of carbonyl (C=O) groups excluding carboxylic acids is 1. The first-order chi connectivity index (χ1) is 14.9. The van der Waals surface area contributed by atoms with Crippen LogP contribution in [0.3, 0.4) is 0 Å². The Morgan fingerprint density at radius 1 is 1.06 bits per heavy atom. The Labute approximate surface area is 186 Å². The van der Waals surface area contributed by atoms with Crippen molar-refractivity contribution in [3.8, 4) is 0 Å². The zero-order chi connectivity index (χ0) is 21.8. The monoisotopic (exact) mass is 456 g/mol. The van der Waals surface area contributed by atoms with Crippen LogP contribution in [0.15, 0.2) is 65.7 Å². The van der Waals surface area contributed by atoms with Crippen molar-refractivity contribution in [2.24, 2.45) is 0 Å². The van der Waals surface area contributed by atoms with E-state index in [2.05, 4.69) is 15.2 Å². The molecule has 0 saturated carbocycles. The maximum atomic E-state index is 13.0. The minimum atomic E-state index is -3.63. The van der Waals surface area contributed by atoms with Crippen molar-refractivity contribution in [1.82, 2.24) is 14.2 Å². The van der Waals surface area contributed by atoms with Gasteiger partial charge in [-0.05, 0) is 30.8 Å². The van der Waals surface area contributed by atoms with E-state index in [1.165, 1.54) is 33.3 Å². The third kappa shape index (κ3) is 5.19. The largest absolute Gasteiger partial charge is 0.304 e. The normalized spacial score (nSPS) is 15.6.